The standard InChI is InChI=1S/C15H23N3O3/c1-9-12(10(2)18(4)17-9)7-8-13(19)16-15(3,14(20)21)11-5-6-11/h11H,5-8H2,1-4H3,(H,16,19)(H,20,21)/t15-/m0/s1. The number of hydrogen-bond acceptors (Lipinski definition) is 3. The number of hydrogen-bond donors (Lipinski definition) is 2. The fourth-order valence-corrected chi connectivity index (χ4v) is 2.76. The zero-order valence-electron chi connectivity index (χ0n) is 13.1. The average Bonchev–Trinajstić information content (AvgIpc) is 3.19. The van der Waals surface area contributed by atoms with Crippen LogP contribution in [0.5, 0.6) is 0 Å². The molecule has 1 aromatic rings. The Labute approximate surface area is 124 Å². The van der Waals surface area contributed by atoms with Crippen LogP contribution in [0, 0.1) is 19.8 Å². The number of carbonyl (C=O) groups is 2. The van der Waals surface area contributed by atoms with Crippen LogP contribution >= 0.6 is 0 Å². The van der Waals surface area contributed by atoms with E-state index in [0.29, 0.717) is 6.42 Å². The van der Waals surface area contributed by atoms with Gasteiger partial charge in [0.05, 0.1) is 5.69 Å². The lowest BCUT2D eigenvalue weighted by atomic mass is 9.95. The number of rotatable bonds is 6. The Kier molecular flexibility index (Phi) is 4.07. The number of nitrogens with one attached hydrogen (secondary N) is 1. The van der Waals surface area contributed by atoms with E-state index in [1.165, 1.54) is 0 Å². The lowest BCUT2D eigenvalue weighted by Crippen LogP contribution is -2.54. The molecule has 1 atom stereocenters. The third-order valence-corrected chi connectivity index (χ3v) is 4.50. The van der Waals surface area contributed by atoms with Crippen molar-refractivity contribution in [1.82, 2.24) is 15.1 Å². The van der Waals surface area contributed by atoms with Crippen molar-refractivity contribution in [3.63, 3.8) is 0 Å². The molecule has 2 rings (SSSR count). The molecule has 6 nitrogen and oxygen atoms in total. The molecule has 0 radical (unpaired) electrons. The molecule has 0 aliphatic heterocycles. The van der Waals surface area contributed by atoms with Gasteiger partial charge in [-0.2, -0.15) is 5.10 Å². The highest BCUT2D eigenvalue weighted by Crippen LogP contribution is 2.39. The summed E-state index contributed by atoms with van der Waals surface area (Å²) in [5.74, 6) is -1.11. The Hall–Kier alpha value is -1.85. The van der Waals surface area contributed by atoms with Crippen LogP contribution in [-0.2, 0) is 23.1 Å². The number of carboxylic acid groups (broad SMARTS) is 1. The highest BCUT2D eigenvalue weighted by atomic mass is 16.4. The second kappa shape index (κ2) is 5.50. The van der Waals surface area contributed by atoms with Crippen LogP contribution in [0.4, 0.5) is 0 Å². The van der Waals surface area contributed by atoms with Crippen molar-refractivity contribution in [2.24, 2.45) is 13.0 Å². The van der Waals surface area contributed by atoms with Gasteiger partial charge in [0.2, 0.25) is 5.91 Å². The van der Waals surface area contributed by atoms with Crippen LogP contribution < -0.4 is 5.32 Å². The predicted molar refractivity (Wildman–Crippen MR) is 77.9 cm³/mol. The van der Waals surface area contributed by atoms with Gasteiger partial charge < -0.3 is 10.4 Å². The summed E-state index contributed by atoms with van der Waals surface area (Å²) >= 11 is 0. The third-order valence-electron chi connectivity index (χ3n) is 4.50. The first kappa shape index (κ1) is 15.5. The molecule has 0 spiro atoms. The summed E-state index contributed by atoms with van der Waals surface area (Å²) in [5, 5.41) is 16.4. The van der Waals surface area contributed by atoms with Crippen molar-refractivity contribution in [3.8, 4) is 0 Å². The molecule has 116 valence electrons. The molecule has 1 aliphatic carbocycles. The van der Waals surface area contributed by atoms with Crippen LogP contribution in [0.1, 0.15) is 43.1 Å². The van der Waals surface area contributed by atoms with Gasteiger partial charge in [0.15, 0.2) is 0 Å². The number of aliphatic carboxylic acids is 1. The van der Waals surface area contributed by atoms with Gasteiger partial charge in [-0.1, -0.05) is 0 Å². The first-order chi connectivity index (χ1) is 9.75. The van der Waals surface area contributed by atoms with Crippen LogP contribution in [0.25, 0.3) is 0 Å². The Morgan fingerprint density at radius 3 is 2.48 bits per heavy atom. The van der Waals surface area contributed by atoms with Gasteiger partial charge in [-0.25, -0.2) is 4.79 Å². The fraction of sp³-hybridized carbons (Fsp3) is 0.667. The summed E-state index contributed by atoms with van der Waals surface area (Å²) in [6.07, 6.45) is 2.59. The highest BCUT2D eigenvalue weighted by molar-refractivity contribution is 5.87. The lowest BCUT2D eigenvalue weighted by molar-refractivity contribution is -0.147. The van der Waals surface area contributed by atoms with Crippen LogP contribution in [0.15, 0.2) is 0 Å². The van der Waals surface area contributed by atoms with Crippen molar-refractivity contribution in [2.45, 2.75) is 52.0 Å². The summed E-state index contributed by atoms with van der Waals surface area (Å²) in [7, 11) is 1.88. The zero-order valence-corrected chi connectivity index (χ0v) is 13.1. The van der Waals surface area contributed by atoms with Crippen molar-refractivity contribution >= 4 is 11.9 Å². The number of carboxylic acids is 1. The minimum atomic E-state index is -1.13. The van der Waals surface area contributed by atoms with E-state index in [2.05, 4.69) is 10.4 Å². The minimum absolute atomic E-state index is 0.0563. The van der Waals surface area contributed by atoms with Crippen molar-refractivity contribution < 1.29 is 14.7 Å². The number of nitrogens with zero attached hydrogens (tertiary/aromatic N) is 2. The smallest absolute Gasteiger partial charge is 0.329 e. The monoisotopic (exact) mass is 293 g/mol. The number of amides is 1. The van der Waals surface area contributed by atoms with Gasteiger partial charge in [-0.3, -0.25) is 9.48 Å². The van der Waals surface area contributed by atoms with Crippen LogP contribution in [0.2, 0.25) is 0 Å². The zero-order chi connectivity index (χ0) is 15.8. The molecule has 0 unspecified atom stereocenters. The molecular weight excluding hydrogens is 270 g/mol. The molecule has 0 aromatic carbocycles. The highest BCUT2D eigenvalue weighted by Gasteiger charge is 2.48. The van der Waals surface area contributed by atoms with Crippen LogP contribution in [-0.4, -0.2) is 32.3 Å². The van der Waals surface area contributed by atoms with Gasteiger partial charge in [0.1, 0.15) is 5.54 Å². The molecule has 1 amide bonds. The quantitative estimate of drug-likeness (QED) is 0.829. The molecule has 6 heteroatoms. The summed E-state index contributed by atoms with van der Waals surface area (Å²) in [6, 6.07) is 0. The maximum absolute atomic E-state index is 12.1. The Bertz CT molecular complexity index is 575. The number of aromatic nitrogens is 2. The third kappa shape index (κ3) is 3.09. The maximum Gasteiger partial charge on any atom is 0.329 e. The normalized spacial score (nSPS) is 17.3. The van der Waals surface area contributed by atoms with E-state index in [-0.39, 0.29) is 18.2 Å². The fourth-order valence-electron chi connectivity index (χ4n) is 2.76. The average molecular weight is 293 g/mol. The summed E-state index contributed by atoms with van der Waals surface area (Å²) in [5.41, 5.74) is 1.90. The van der Waals surface area contributed by atoms with Gasteiger partial charge >= 0.3 is 5.97 Å². The molecule has 2 N–H and O–H groups in total. The molecule has 0 saturated heterocycles. The molecule has 21 heavy (non-hydrogen) atoms. The van der Waals surface area contributed by atoms with Crippen molar-refractivity contribution in [1.29, 1.82) is 0 Å². The van der Waals surface area contributed by atoms with E-state index in [1.807, 2.05) is 20.9 Å². The van der Waals surface area contributed by atoms with Crippen molar-refractivity contribution in [2.75, 3.05) is 0 Å². The Morgan fingerprint density at radius 2 is 2.05 bits per heavy atom. The predicted octanol–water partition coefficient (Wildman–Crippen LogP) is 1.34. The van der Waals surface area contributed by atoms with Crippen LogP contribution in [0.3, 0.4) is 0 Å². The van der Waals surface area contributed by atoms with Crippen molar-refractivity contribution in [3.05, 3.63) is 17.0 Å². The van der Waals surface area contributed by atoms with E-state index in [1.54, 1.807) is 11.6 Å². The second-order valence-corrected chi connectivity index (χ2v) is 6.10. The molecule has 1 aliphatic rings. The van der Waals surface area contributed by atoms with Gasteiger partial charge in [-0.15, -0.1) is 0 Å². The van der Waals surface area contributed by atoms with E-state index in [9.17, 15) is 14.7 Å². The van der Waals surface area contributed by atoms with E-state index < -0.39 is 11.5 Å². The van der Waals surface area contributed by atoms with E-state index in [4.69, 9.17) is 0 Å². The summed E-state index contributed by atoms with van der Waals surface area (Å²) in [6.45, 7) is 5.50. The lowest BCUT2D eigenvalue weighted by Gasteiger charge is -2.26. The maximum atomic E-state index is 12.1. The Morgan fingerprint density at radius 1 is 1.43 bits per heavy atom. The minimum Gasteiger partial charge on any atom is -0.480 e. The SMILES string of the molecule is Cc1nn(C)c(C)c1CCC(=O)N[C@](C)(C(=O)O)C1CC1. The van der Waals surface area contributed by atoms with Gasteiger partial charge in [0, 0.05) is 19.2 Å². The molecule has 0 bridgehead atoms. The van der Waals surface area contributed by atoms with Gasteiger partial charge in [0.25, 0.3) is 0 Å². The summed E-state index contributed by atoms with van der Waals surface area (Å²) < 4.78 is 1.80. The first-order valence-electron chi connectivity index (χ1n) is 7.29. The molecular formula is C15H23N3O3. The molecule has 1 saturated carbocycles. The summed E-state index contributed by atoms with van der Waals surface area (Å²) in [4.78, 5) is 23.5. The Balaban J connectivity index is 1.97. The topological polar surface area (TPSA) is 84.2 Å². The van der Waals surface area contributed by atoms with E-state index >= 15 is 0 Å². The molecule has 1 fully saturated rings. The largest absolute Gasteiger partial charge is 0.480 e. The second-order valence-electron chi connectivity index (χ2n) is 6.10. The molecule has 1 heterocycles. The number of aryl methyl sites for hydroxylation is 2. The molecule has 1 aromatic heterocycles. The van der Waals surface area contributed by atoms with E-state index in [0.717, 1.165) is 29.8 Å². The number of carbonyl (C=O) groups excluding carboxylic acids is 1. The van der Waals surface area contributed by atoms with Gasteiger partial charge in [-0.05, 0) is 51.5 Å². The first-order valence-corrected chi connectivity index (χ1v) is 7.29.